The van der Waals surface area contributed by atoms with E-state index in [-0.39, 0.29) is 19.0 Å². The van der Waals surface area contributed by atoms with Crippen LogP contribution >= 0.6 is 0 Å². The Labute approximate surface area is 91.3 Å². The number of alkyl halides is 3. The zero-order valence-corrected chi connectivity index (χ0v) is 8.78. The molecule has 16 heavy (non-hydrogen) atoms. The van der Waals surface area contributed by atoms with Gasteiger partial charge in [0.05, 0.1) is 5.92 Å². The van der Waals surface area contributed by atoms with Crippen LogP contribution in [-0.4, -0.2) is 28.7 Å². The lowest BCUT2D eigenvalue weighted by atomic mass is 10.1. The SMILES string of the molecule is CC1CC(C(F)(F)F)CN1c1ncccn1. The fraction of sp³-hybridized carbons (Fsp3) is 0.600. The maximum absolute atomic E-state index is 12.6. The molecule has 0 aliphatic carbocycles. The van der Waals surface area contributed by atoms with Crippen LogP contribution in [0.25, 0.3) is 0 Å². The summed E-state index contributed by atoms with van der Waals surface area (Å²) in [5.74, 6) is -0.895. The lowest BCUT2D eigenvalue weighted by Crippen LogP contribution is -2.30. The van der Waals surface area contributed by atoms with Crippen molar-refractivity contribution < 1.29 is 13.2 Å². The minimum absolute atomic E-state index is 0.0469. The van der Waals surface area contributed by atoms with Crippen LogP contribution in [0.15, 0.2) is 18.5 Å². The molecule has 1 aliphatic rings. The summed E-state index contributed by atoms with van der Waals surface area (Å²) in [6.07, 6.45) is -0.939. The van der Waals surface area contributed by atoms with Crippen molar-refractivity contribution in [3.05, 3.63) is 18.5 Å². The van der Waals surface area contributed by atoms with Gasteiger partial charge in [-0.1, -0.05) is 0 Å². The molecular formula is C10H12F3N3. The van der Waals surface area contributed by atoms with Gasteiger partial charge in [-0.25, -0.2) is 9.97 Å². The number of anilines is 1. The number of hydrogen-bond donors (Lipinski definition) is 0. The summed E-state index contributed by atoms with van der Waals surface area (Å²) in [5, 5.41) is 0. The van der Waals surface area contributed by atoms with Gasteiger partial charge in [0.2, 0.25) is 5.95 Å². The van der Waals surface area contributed by atoms with Gasteiger partial charge in [0.25, 0.3) is 0 Å². The van der Waals surface area contributed by atoms with E-state index in [0.29, 0.717) is 5.95 Å². The largest absolute Gasteiger partial charge is 0.393 e. The molecule has 0 radical (unpaired) electrons. The highest BCUT2D eigenvalue weighted by atomic mass is 19.4. The number of nitrogens with zero attached hydrogens (tertiary/aromatic N) is 3. The zero-order chi connectivity index (χ0) is 11.8. The number of aromatic nitrogens is 2. The Morgan fingerprint density at radius 1 is 1.31 bits per heavy atom. The first-order chi connectivity index (χ1) is 7.48. The van der Waals surface area contributed by atoms with Crippen molar-refractivity contribution in [2.24, 2.45) is 5.92 Å². The van der Waals surface area contributed by atoms with Gasteiger partial charge in [-0.2, -0.15) is 13.2 Å². The predicted octanol–water partition coefficient (Wildman–Crippen LogP) is 2.25. The Morgan fingerprint density at radius 3 is 2.44 bits per heavy atom. The highest BCUT2D eigenvalue weighted by Crippen LogP contribution is 2.37. The molecule has 3 nitrogen and oxygen atoms in total. The molecule has 2 unspecified atom stereocenters. The van der Waals surface area contributed by atoms with E-state index in [9.17, 15) is 13.2 Å². The molecule has 0 bridgehead atoms. The van der Waals surface area contributed by atoms with Crippen LogP contribution in [0.1, 0.15) is 13.3 Å². The molecule has 2 rings (SSSR count). The van der Waals surface area contributed by atoms with Gasteiger partial charge in [0.15, 0.2) is 0 Å². The molecule has 6 heteroatoms. The van der Waals surface area contributed by atoms with E-state index in [4.69, 9.17) is 0 Å². The topological polar surface area (TPSA) is 29.0 Å². The van der Waals surface area contributed by atoms with Gasteiger partial charge in [0.1, 0.15) is 0 Å². The Hall–Kier alpha value is -1.33. The van der Waals surface area contributed by atoms with Crippen molar-refractivity contribution in [2.75, 3.05) is 11.4 Å². The number of hydrogen-bond acceptors (Lipinski definition) is 3. The van der Waals surface area contributed by atoms with E-state index in [1.807, 2.05) is 0 Å². The quantitative estimate of drug-likeness (QED) is 0.742. The van der Waals surface area contributed by atoms with Gasteiger partial charge >= 0.3 is 6.18 Å². The molecular weight excluding hydrogens is 219 g/mol. The summed E-state index contributed by atoms with van der Waals surface area (Å²) in [6, 6.07) is 1.47. The lowest BCUT2D eigenvalue weighted by Gasteiger charge is -2.20. The second-order valence-electron chi connectivity index (χ2n) is 4.02. The van der Waals surface area contributed by atoms with Crippen LogP contribution in [0, 0.1) is 5.92 Å². The molecule has 88 valence electrons. The van der Waals surface area contributed by atoms with Gasteiger partial charge in [-0.3, -0.25) is 0 Å². The summed E-state index contributed by atoms with van der Waals surface area (Å²) in [4.78, 5) is 9.56. The highest BCUT2D eigenvalue weighted by Gasteiger charge is 2.46. The van der Waals surface area contributed by atoms with Crippen LogP contribution < -0.4 is 4.90 Å². The average Bonchev–Trinajstić information content (AvgIpc) is 2.61. The van der Waals surface area contributed by atoms with Crippen LogP contribution in [0.4, 0.5) is 19.1 Å². The Bertz CT molecular complexity index is 352. The zero-order valence-electron chi connectivity index (χ0n) is 8.78. The van der Waals surface area contributed by atoms with Crippen molar-refractivity contribution in [1.29, 1.82) is 0 Å². The van der Waals surface area contributed by atoms with Crippen LogP contribution in [-0.2, 0) is 0 Å². The number of rotatable bonds is 1. The van der Waals surface area contributed by atoms with Crippen molar-refractivity contribution in [3.63, 3.8) is 0 Å². The monoisotopic (exact) mass is 231 g/mol. The fourth-order valence-electron chi connectivity index (χ4n) is 1.99. The van der Waals surface area contributed by atoms with Gasteiger partial charge in [-0.05, 0) is 19.4 Å². The fourth-order valence-corrected chi connectivity index (χ4v) is 1.99. The molecule has 2 heterocycles. The first-order valence-electron chi connectivity index (χ1n) is 5.09. The summed E-state index contributed by atoms with van der Waals surface area (Å²) in [5.41, 5.74) is 0. The average molecular weight is 231 g/mol. The van der Waals surface area contributed by atoms with E-state index in [1.165, 1.54) is 12.4 Å². The first-order valence-corrected chi connectivity index (χ1v) is 5.09. The van der Waals surface area contributed by atoms with Crippen LogP contribution in [0.3, 0.4) is 0 Å². The molecule has 1 aromatic heterocycles. The maximum atomic E-state index is 12.6. The molecule has 0 spiro atoms. The minimum Gasteiger partial charge on any atom is -0.337 e. The van der Waals surface area contributed by atoms with Gasteiger partial charge < -0.3 is 4.90 Å². The summed E-state index contributed by atoms with van der Waals surface area (Å²) >= 11 is 0. The molecule has 2 atom stereocenters. The smallest absolute Gasteiger partial charge is 0.337 e. The molecule has 1 aliphatic heterocycles. The molecule has 1 aromatic rings. The summed E-state index contributed by atoms with van der Waals surface area (Å²) in [6.45, 7) is 1.72. The predicted molar refractivity (Wildman–Crippen MR) is 53.0 cm³/mol. The standard InChI is InChI=1S/C10H12F3N3/c1-7-5-8(10(11,12)13)6-16(7)9-14-3-2-4-15-9/h2-4,7-8H,5-6H2,1H3. The van der Waals surface area contributed by atoms with Crippen molar-refractivity contribution in [2.45, 2.75) is 25.6 Å². The van der Waals surface area contributed by atoms with E-state index in [1.54, 1.807) is 17.9 Å². The second kappa shape index (κ2) is 3.92. The summed E-state index contributed by atoms with van der Waals surface area (Å²) < 4.78 is 37.7. The highest BCUT2D eigenvalue weighted by molar-refractivity contribution is 5.32. The molecule has 0 amide bonds. The molecule has 1 saturated heterocycles. The van der Waals surface area contributed by atoms with E-state index in [0.717, 1.165) is 0 Å². The van der Waals surface area contributed by atoms with E-state index in [2.05, 4.69) is 9.97 Å². The van der Waals surface area contributed by atoms with Gasteiger partial charge in [0, 0.05) is 25.0 Å². The second-order valence-corrected chi connectivity index (χ2v) is 4.02. The third-order valence-electron chi connectivity index (χ3n) is 2.85. The van der Waals surface area contributed by atoms with Gasteiger partial charge in [-0.15, -0.1) is 0 Å². The van der Waals surface area contributed by atoms with Crippen LogP contribution in [0.5, 0.6) is 0 Å². The summed E-state index contributed by atoms with van der Waals surface area (Å²) in [7, 11) is 0. The molecule has 1 fully saturated rings. The maximum Gasteiger partial charge on any atom is 0.393 e. The number of halogens is 3. The Kier molecular flexibility index (Phi) is 2.73. The molecule has 0 N–H and O–H groups in total. The van der Waals surface area contributed by atoms with Crippen LogP contribution in [0.2, 0.25) is 0 Å². The van der Waals surface area contributed by atoms with Crippen molar-refractivity contribution >= 4 is 5.95 Å². The Balaban J connectivity index is 2.15. The molecule has 0 aromatic carbocycles. The Morgan fingerprint density at radius 2 is 1.94 bits per heavy atom. The van der Waals surface area contributed by atoms with E-state index < -0.39 is 12.1 Å². The first kappa shape index (κ1) is 11.2. The minimum atomic E-state index is -4.13. The van der Waals surface area contributed by atoms with Crippen molar-refractivity contribution in [1.82, 2.24) is 9.97 Å². The normalized spacial score (nSPS) is 26.1. The third-order valence-corrected chi connectivity index (χ3v) is 2.85. The lowest BCUT2D eigenvalue weighted by molar-refractivity contribution is -0.168. The van der Waals surface area contributed by atoms with E-state index >= 15 is 0 Å². The van der Waals surface area contributed by atoms with Crippen molar-refractivity contribution in [3.8, 4) is 0 Å². The third kappa shape index (κ3) is 2.10. The molecule has 0 saturated carbocycles.